The molecule has 1 aromatic rings. The van der Waals surface area contributed by atoms with Gasteiger partial charge in [0, 0.05) is 19.3 Å². The lowest BCUT2D eigenvalue weighted by Crippen LogP contribution is -2.36. The van der Waals surface area contributed by atoms with Gasteiger partial charge in [-0.15, -0.1) is 0 Å². The molecular formula is C10H12Cl2N2O3. The molecule has 0 spiro atoms. The number of aliphatic hydroxyl groups excluding tert-OH is 2. The number of amides is 1. The van der Waals surface area contributed by atoms with Crippen LogP contribution in [0.4, 0.5) is 0 Å². The molecule has 0 bridgehead atoms. The first kappa shape index (κ1) is 14.2. The average molecular weight is 279 g/mol. The lowest BCUT2D eigenvalue weighted by molar-refractivity contribution is 0.0685. The van der Waals surface area contributed by atoms with Gasteiger partial charge in [-0.3, -0.25) is 4.79 Å². The fraction of sp³-hybridized carbons (Fsp3) is 0.400. The highest BCUT2D eigenvalue weighted by Gasteiger charge is 2.18. The molecule has 0 saturated heterocycles. The Morgan fingerprint density at radius 1 is 1.29 bits per heavy atom. The summed E-state index contributed by atoms with van der Waals surface area (Å²) in [5, 5.41) is 18.0. The summed E-state index contributed by atoms with van der Waals surface area (Å²) in [6.07, 6.45) is 1.28. The molecule has 1 heterocycles. The zero-order chi connectivity index (χ0) is 12.8. The van der Waals surface area contributed by atoms with Gasteiger partial charge < -0.3 is 15.1 Å². The van der Waals surface area contributed by atoms with Crippen LogP contribution in [0.25, 0.3) is 0 Å². The molecule has 0 aliphatic carbocycles. The quantitative estimate of drug-likeness (QED) is 0.782. The van der Waals surface area contributed by atoms with Crippen molar-refractivity contribution in [2.45, 2.75) is 0 Å². The third-order valence-corrected chi connectivity index (χ3v) is 2.59. The third-order valence-electron chi connectivity index (χ3n) is 2.08. The Hall–Kier alpha value is -0.880. The minimum Gasteiger partial charge on any atom is -0.395 e. The van der Waals surface area contributed by atoms with Crippen LogP contribution in [-0.2, 0) is 0 Å². The molecule has 0 unspecified atom stereocenters. The van der Waals surface area contributed by atoms with Crippen molar-refractivity contribution in [1.82, 2.24) is 9.88 Å². The van der Waals surface area contributed by atoms with Gasteiger partial charge in [0.25, 0.3) is 5.91 Å². The first-order valence-electron chi connectivity index (χ1n) is 4.92. The summed E-state index contributed by atoms with van der Waals surface area (Å²) in [7, 11) is 0. The second-order valence-corrected chi connectivity index (χ2v) is 4.02. The molecule has 94 valence electrons. The van der Waals surface area contributed by atoms with Gasteiger partial charge in [-0.05, 0) is 6.07 Å². The van der Waals surface area contributed by atoms with Gasteiger partial charge in [-0.1, -0.05) is 23.2 Å². The SMILES string of the molecule is O=C(c1cc(Cl)ncc1Cl)N(CCO)CCO. The Labute approximate surface area is 109 Å². The van der Waals surface area contributed by atoms with E-state index in [9.17, 15) is 4.79 Å². The minimum atomic E-state index is -0.401. The highest BCUT2D eigenvalue weighted by molar-refractivity contribution is 6.35. The molecule has 0 aromatic carbocycles. The Morgan fingerprint density at radius 3 is 2.41 bits per heavy atom. The summed E-state index contributed by atoms with van der Waals surface area (Å²) < 4.78 is 0. The first-order valence-corrected chi connectivity index (χ1v) is 5.67. The molecular weight excluding hydrogens is 267 g/mol. The molecule has 5 nitrogen and oxygen atoms in total. The number of hydrogen-bond donors (Lipinski definition) is 2. The van der Waals surface area contributed by atoms with Gasteiger partial charge >= 0.3 is 0 Å². The van der Waals surface area contributed by atoms with Gasteiger partial charge in [0.15, 0.2) is 0 Å². The number of rotatable bonds is 5. The van der Waals surface area contributed by atoms with Crippen LogP contribution in [0.1, 0.15) is 10.4 Å². The van der Waals surface area contributed by atoms with Crippen LogP contribution in [0.2, 0.25) is 10.2 Å². The number of halogens is 2. The largest absolute Gasteiger partial charge is 0.395 e. The van der Waals surface area contributed by atoms with E-state index < -0.39 is 5.91 Å². The minimum absolute atomic E-state index is 0.121. The van der Waals surface area contributed by atoms with E-state index >= 15 is 0 Å². The standard InChI is InChI=1S/C10H12Cl2N2O3/c11-8-6-13-9(12)5-7(8)10(17)14(1-3-15)2-4-16/h5-6,15-16H,1-4H2. The van der Waals surface area contributed by atoms with Crippen molar-refractivity contribution in [3.05, 3.63) is 28.0 Å². The molecule has 1 rings (SSSR count). The van der Waals surface area contributed by atoms with Crippen molar-refractivity contribution in [3.8, 4) is 0 Å². The van der Waals surface area contributed by atoms with Gasteiger partial charge in [-0.2, -0.15) is 0 Å². The van der Waals surface area contributed by atoms with Crippen LogP contribution in [0.5, 0.6) is 0 Å². The lowest BCUT2D eigenvalue weighted by atomic mass is 10.2. The second-order valence-electron chi connectivity index (χ2n) is 3.23. The third kappa shape index (κ3) is 3.81. The Kier molecular flexibility index (Phi) is 5.64. The average Bonchev–Trinajstić information content (AvgIpc) is 2.31. The van der Waals surface area contributed by atoms with Gasteiger partial charge in [0.2, 0.25) is 0 Å². The maximum Gasteiger partial charge on any atom is 0.255 e. The summed E-state index contributed by atoms with van der Waals surface area (Å²) in [5.41, 5.74) is 0.202. The summed E-state index contributed by atoms with van der Waals surface area (Å²) in [6.45, 7) is -0.143. The zero-order valence-corrected chi connectivity index (χ0v) is 10.4. The fourth-order valence-electron chi connectivity index (χ4n) is 1.30. The van der Waals surface area contributed by atoms with Crippen LogP contribution in [-0.4, -0.2) is 52.3 Å². The molecule has 0 aliphatic heterocycles. The predicted molar refractivity (Wildman–Crippen MR) is 64.3 cm³/mol. The van der Waals surface area contributed by atoms with Crippen molar-refractivity contribution >= 4 is 29.1 Å². The molecule has 1 aromatic heterocycles. The smallest absolute Gasteiger partial charge is 0.255 e. The van der Waals surface area contributed by atoms with Gasteiger partial charge in [0.05, 0.1) is 23.8 Å². The summed E-state index contributed by atoms with van der Waals surface area (Å²) >= 11 is 11.5. The van der Waals surface area contributed by atoms with Crippen LogP contribution < -0.4 is 0 Å². The number of carbonyl (C=O) groups is 1. The molecule has 0 fully saturated rings. The zero-order valence-electron chi connectivity index (χ0n) is 8.94. The van der Waals surface area contributed by atoms with E-state index in [1.54, 1.807) is 0 Å². The summed E-state index contributed by atoms with van der Waals surface area (Å²) in [5.74, 6) is -0.401. The van der Waals surface area contributed by atoms with Gasteiger partial charge in [-0.25, -0.2) is 4.98 Å². The Balaban J connectivity index is 2.95. The van der Waals surface area contributed by atoms with Crippen LogP contribution in [0.15, 0.2) is 12.3 Å². The number of aliphatic hydroxyl groups is 2. The molecule has 1 amide bonds. The van der Waals surface area contributed by atoms with Crippen molar-refractivity contribution in [2.24, 2.45) is 0 Å². The van der Waals surface area contributed by atoms with E-state index in [0.717, 1.165) is 0 Å². The normalized spacial score (nSPS) is 10.4. The number of carbonyl (C=O) groups excluding carboxylic acids is 1. The molecule has 0 radical (unpaired) electrons. The Morgan fingerprint density at radius 2 is 1.88 bits per heavy atom. The number of nitrogens with zero attached hydrogens (tertiary/aromatic N) is 2. The molecule has 0 aliphatic rings. The van der Waals surface area contributed by atoms with Gasteiger partial charge in [0.1, 0.15) is 5.15 Å². The topological polar surface area (TPSA) is 73.7 Å². The van der Waals surface area contributed by atoms with Crippen molar-refractivity contribution in [2.75, 3.05) is 26.3 Å². The Bertz CT molecular complexity index is 395. The number of pyridine rings is 1. The van der Waals surface area contributed by atoms with E-state index in [2.05, 4.69) is 4.98 Å². The molecule has 7 heteroatoms. The highest BCUT2D eigenvalue weighted by Crippen LogP contribution is 2.19. The second kappa shape index (κ2) is 6.76. The van der Waals surface area contributed by atoms with E-state index in [1.807, 2.05) is 0 Å². The van der Waals surface area contributed by atoms with Crippen LogP contribution in [0.3, 0.4) is 0 Å². The molecule has 0 atom stereocenters. The summed E-state index contributed by atoms with van der Waals surface area (Å²) in [6, 6.07) is 1.36. The number of hydrogen-bond acceptors (Lipinski definition) is 4. The maximum absolute atomic E-state index is 12.0. The first-order chi connectivity index (χ1) is 8.10. The van der Waals surface area contributed by atoms with E-state index in [-0.39, 0.29) is 42.0 Å². The van der Waals surface area contributed by atoms with E-state index in [1.165, 1.54) is 17.2 Å². The molecule has 0 saturated carbocycles. The van der Waals surface area contributed by atoms with Crippen molar-refractivity contribution < 1.29 is 15.0 Å². The van der Waals surface area contributed by atoms with Crippen LogP contribution in [0, 0.1) is 0 Å². The summed E-state index contributed by atoms with van der Waals surface area (Å²) in [4.78, 5) is 17.1. The monoisotopic (exact) mass is 278 g/mol. The van der Waals surface area contributed by atoms with Crippen molar-refractivity contribution in [1.29, 1.82) is 0 Å². The fourth-order valence-corrected chi connectivity index (χ4v) is 1.65. The molecule has 17 heavy (non-hydrogen) atoms. The van der Waals surface area contributed by atoms with E-state index in [0.29, 0.717) is 0 Å². The number of aromatic nitrogens is 1. The maximum atomic E-state index is 12.0. The molecule has 2 N–H and O–H groups in total. The van der Waals surface area contributed by atoms with Crippen LogP contribution >= 0.6 is 23.2 Å². The van der Waals surface area contributed by atoms with Crippen molar-refractivity contribution in [3.63, 3.8) is 0 Å². The highest BCUT2D eigenvalue weighted by atomic mass is 35.5. The lowest BCUT2D eigenvalue weighted by Gasteiger charge is -2.21. The predicted octanol–water partition coefficient (Wildman–Crippen LogP) is 0.815. The van der Waals surface area contributed by atoms with E-state index in [4.69, 9.17) is 33.4 Å².